The number of carbonyl (C=O) groups excluding carboxylic acids is 3. The summed E-state index contributed by atoms with van der Waals surface area (Å²) in [5, 5.41) is 12.3. The minimum absolute atomic E-state index is 0.0448. The van der Waals surface area contributed by atoms with Gasteiger partial charge in [0.15, 0.2) is 18.3 Å². The summed E-state index contributed by atoms with van der Waals surface area (Å²) in [5.74, 6) is -4.02. The largest absolute Gasteiger partial charge is 0.456 e. The van der Waals surface area contributed by atoms with E-state index in [9.17, 15) is 19.5 Å². The molecule has 1 N–H and O–H groups in total. The van der Waals surface area contributed by atoms with E-state index in [0.29, 0.717) is 0 Å². The van der Waals surface area contributed by atoms with Crippen molar-refractivity contribution in [3.63, 3.8) is 0 Å². The van der Waals surface area contributed by atoms with Gasteiger partial charge in [-0.25, -0.2) is 0 Å². The molecule has 30 heavy (non-hydrogen) atoms. The molecule has 1 aliphatic rings. The topological polar surface area (TPSA) is 113 Å². The number of nitrogens with zero attached hydrogens (tertiary/aromatic N) is 1. The molecule has 1 saturated heterocycles. The van der Waals surface area contributed by atoms with Crippen molar-refractivity contribution in [1.29, 1.82) is 0 Å². The summed E-state index contributed by atoms with van der Waals surface area (Å²) in [6.07, 6.45) is -1.88. The smallest absolute Gasteiger partial charge is 0.303 e. The first kappa shape index (κ1) is 21.8. The zero-order valence-corrected chi connectivity index (χ0v) is 17.3. The average Bonchev–Trinajstić information content (AvgIpc) is 2.96. The zero-order valence-electron chi connectivity index (χ0n) is 17.3. The fourth-order valence-electron chi connectivity index (χ4n) is 3.83. The van der Waals surface area contributed by atoms with Crippen LogP contribution in [0, 0.1) is 0 Å². The van der Waals surface area contributed by atoms with Gasteiger partial charge < -0.3 is 28.6 Å². The second-order valence-electron chi connectivity index (χ2n) is 7.37. The van der Waals surface area contributed by atoms with Crippen molar-refractivity contribution >= 4 is 28.8 Å². The Bertz CT molecular complexity index is 967. The molecule has 1 aromatic carbocycles. The highest BCUT2D eigenvalue weighted by molar-refractivity contribution is 5.84. The Morgan fingerprint density at radius 1 is 1.10 bits per heavy atom. The minimum Gasteiger partial charge on any atom is -0.456 e. The van der Waals surface area contributed by atoms with Crippen LogP contribution in [0.5, 0.6) is 0 Å². The first-order valence-electron chi connectivity index (χ1n) is 9.51. The molecule has 1 aliphatic heterocycles. The average molecular weight is 419 g/mol. The number of aryl methyl sites for hydroxylation is 1. The number of para-hydroxylation sites is 1. The molecule has 0 amide bonds. The lowest BCUT2D eigenvalue weighted by atomic mass is 9.91. The SMILES string of the molecule is CC(=O)O[C@@H]1[C@@H](OC(C)=O)CO[C@](O)(Cc2cn(C)c3ccccc23)[C@@H]1OC(C)=O. The van der Waals surface area contributed by atoms with E-state index >= 15 is 0 Å². The molecule has 9 nitrogen and oxygen atoms in total. The highest BCUT2D eigenvalue weighted by atomic mass is 16.7. The Hall–Kier alpha value is -2.91. The van der Waals surface area contributed by atoms with E-state index in [2.05, 4.69) is 0 Å². The second-order valence-corrected chi connectivity index (χ2v) is 7.37. The van der Waals surface area contributed by atoms with E-state index in [4.69, 9.17) is 18.9 Å². The summed E-state index contributed by atoms with van der Waals surface area (Å²) in [7, 11) is 1.87. The van der Waals surface area contributed by atoms with E-state index in [0.717, 1.165) is 16.5 Å². The summed E-state index contributed by atoms with van der Waals surface area (Å²) < 4.78 is 23.4. The molecule has 1 fully saturated rings. The van der Waals surface area contributed by atoms with Gasteiger partial charge in [0.1, 0.15) is 0 Å². The number of aromatic nitrogens is 1. The summed E-state index contributed by atoms with van der Waals surface area (Å²) >= 11 is 0. The van der Waals surface area contributed by atoms with Crippen LogP contribution in [0.2, 0.25) is 0 Å². The van der Waals surface area contributed by atoms with Gasteiger partial charge >= 0.3 is 17.9 Å². The van der Waals surface area contributed by atoms with Crippen LogP contribution < -0.4 is 0 Å². The monoisotopic (exact) mass is 419 g/mol. The third kappa shape index (κ3) is 4.47. The van der Waals surface area contributed by atoms with Crippen LogP contribution in [0.1, 0.15) is 26.3 Å². The van der Waals surface area contributed by atoms with Crippen LogP contribution in [0.15, 0.2) is 30.5 Å². The third-order valence-electron chi connectivity index (χ3n) is 4.94. The number of carbonyl (C=O) groups is 3. The molecule has 0 spiro atoms. The Morgan fingerprint density at radius 3 is 2.37 bits per heavy atom. The van der Waals surface area contributed by atoms with Crippen LogP contribution in [0.25, 0.3) is 10.9 Å². The number of hydrogen-bond acceptors (Lipinski definition) is 8. The molecule has 0 saturated carbocycles. The summed E-state index contributed by atoms with van der Waals surface area (Å²) in [5.41, 5.74) is 1.70. The van der Waals surface area contributed by atoms with Crippen molar-refractivity contribution in [3.05, 3.63) is 36.0 Å². The molecule has 0 unspecified atom stereocenters. The number of ether oxygens (including phenoxy) is 4. The molecule has 0 aliphatic carbocycles. The van der Waals surface area contributed by atoms with Gasteiger partial charge in [0.05, 0.1) is 6.61 Å². The van der Waals surface area contributed by atoms with Gasteiger partial charge in [-0.05, 0) is 11.6 Å². The van der Waals surface area contributed by atoms with Gasteiger partial charge in [0.25, 0.3) is 0 Å². The highest BCUT2D eigenvalue weighted by Gasteiger charge is 2.55. The third-order valence-corrected chi connectivity index (χ3v) is 4.94. The fourth-order valence-corrected chi connectivity index (χ4v) is 3.83. The first-order chi connectivity index (χ1) is 14.1. The highest BCUT2D eigenvalue weighted by Crippen LogP contribution is 2.35. The second kappa shape index (κ2) is 8.45. The van der Waals surface area contributed by atoms with Gasteiger partial charge in [-0.3, -0.25) is 14.4 Å². The van der Waals surface area contributed by atoms with Crippen molar-refractivity contribution in [2.45, 2.75) is 51.3 Å². The van der Waals surface area contributed by atoms with Crippen molar-refractivity contribution in [2.24, 2.45) is 7.05 Å². The molecule has 4 atom stereocenters. The lowest BCUT2D eigenvalue weighted by Gasteiger charge is -2.45. The zero-order chi connectivity index (χ0) is 22.1. The van der Waals surface area contributed by atoms with Crippen molar-refractivity contribution in [2.75, 3.05) is 6.61 Å². The first-order valence-corrected chi connectivity index (χ1v) is 9.51. The quantitative estimate of drug-likeness (QED) is 0.569. The summed E-state index contributed by atoms with van der Waals surface area (Å²) in [6, 6.07) is 7.62. The molecule has 0 bridgehead atoms. The molecular weight excluding hydrogens is 394 g/mol. The Labute approximate surface area is 173 Å². The number of fused-ring (bicyclic) bond motifs is 1. The van der Waals surface area contributed by atoms with Crippen molar-refractivity contribution in [3.8, 4) is 0 Å². The van der Waals surface area contributed by atoms with Gasteiger partial charge in [-0.15, -0.1) is 0 Å². The molecule has 162 valence electrons. The molecule has 1 aromatic heterocycles. The van der Waals surface area contributed by atoms with Crippen LogP contribution in [0.3, 0.4) is 0 Å². The number of esters is 3. The van der Waals surface area contributed by atoms with Gasteiger partial charge in [0.2, 0.25) is 5.79 Å². The maximum Gasteiger partial charge on any atom is 0.303 e. The normalized spacial score (nSPS) is 26.2. The molecule has 3 rings (SSSR count). The van der Waals surface area contributed by atoms with Crippen molar-refractivity contribution in [1.82, 2.24) is 4.57 Å². The van der Waals surface area contributed by atoms with Gasteiger partial charge in [0, 0.05) is 51.3 Å². The van der Waals surface area contributed by atoms with Crippen molar-refractivity contribution < 1.29 is 38.4 Å². The number of benzene rings is 1. The van der Waals surface area contributed by atoms with Gasteiger partial charge in [-0.2, -0.15) is 0 Å². The van der Waals surface area contributed by atoms with Crippen LogP contribution in [0.4, 0.5) is 0 Å². The van der Waals surface area contributed by atoms with E-state index in [1.165, 1.54) is 20.8 Å². The molecule has 2 heterocycles. The number of hydrogen-bond donors (Lipinski definition) is 1. The Kier molecular flexibility index (Phi) is 6.14. The van der Waals surface area contributed by atoms with E-state index in [-0.39, 0.29) is 13.0 Å². The molecule has 2 aromatic rings. The number of rotatable bonds is 5. The van der Waals surface area contributed by atoms with E-state index in [1.54, 1.807) is 0 Å². The Morgan fingerprint density at radius 2 is 1.73 bits per heavy atom. The molecular formula is C21H25NO8. The lowest BCUT2D eigenvalue weighted by molar-refractivity contribution is -0.324. The number of aliphatic hydroxyl groups is 1. The summed E-state index contributed by atoms with van der Waals surface area (Å²) in [4.78, 5) is 35.0. The van der Waals surface area contributed by atoms with Crippen LogP contribution in [-0.2, 0) is 46.8 Å². The van der Waals surface area contributed by atoms with Gasteiger partial charge in [-0.1, -0.05) is 18.2 Å². The fraction of sp³-hybridized carbons (Fsp3) is 0.476. The molecule has 0 radical (unpaired) electrons. The van der Waals surface area contributed by atoms with E-state index in [1.807, 2.05) is 42.1 Å². The van der Waals surface area contributed by atoms with Crippen LogP contribution in [-0.4, -0.2) is 58.3 Å². The maximum atomic E-state index is 11.8. The van der Waals surface area contributed by atoms with Crippen LogP contribution >= 0.6 is 0 Å². The summed E-state index contributed by atoms with van der Waals surface area (Å²) in [6.45, 7) is 3.30. The molecule has 9 heteroatoms. The maximum absolute atomic E-state index is 11.8. The minimum atomic E-state index is -2.01. The Balaban J connectivity index is 2.00. The standard InChI is InChI=1S/C21H25NO8/c1-12(23)28-18-11-27-21(26,20(30-14(3)25)19(18)29-13(2)24)9-15-10-22(4)17-8-6-5-7-16(15)17/h5-8,10,18-20,26H,9,11H2,1-4H3/t18-,19+,20+,21+/m0/s1. The predicted octanol–water partition coefficient (Wildman–Crippen LogP) is 1.23. The van der Waals surface area contributed by atoms with E-state index < -0.39 is 42.0 Å². The predicted molar refractivity (Wildman–Crippen MR) is 104 cm³/mol. The lowest BCUT2D eigenvalue weighted by Crippen LogP contribution is -2.64.